The van der Waals surface area contributed by atoms with E-state index < -0.39 is 0 Å². The van der Waals surface area contributed by atoms with Crippen molar-refractivity contribution in [1.82, 2.24) is 0 Å². The second kappa shape index (κ2) is 8.49. The van der Waals surface area contributed by atoms with Gasteiger partial charge < -0.3 is 4.74 Å². The average Bonchev–Trinajstić information content (AvgIpc) is 2.52. The van der Waals surface area contributed by atoms with E-state index in [1.165, 1.54) is 0 Å². The number of hydrogen-bond donors (Lipinski definition) is 0. The molecule has 0 aromatic heterocycles. The van der Waals surface area contributed by atoms with Gasteiger partial charge >= 0.3 is 0 Å². The fraction of sp³-hybridized carbons (Fsp3) is 0.263. The molecule has 0 spiro atoms. The third-order valence-electron chi connectivity index (χ3n) is 3.27. The van der Waals surface area contributed by atoms with Crippen LogP contribution in [0.3, 0.4) is 0 Å². The molecule has 1 aromatic carbocycles. The Morgan fingerprint density at radius 1 is 1.32 bits per heavy atom. The molecule has 22 heavy (non-hydrogen) atoms. The van der Waals surface area contributed by atoms with Gasteiger partial charge in [-0.2, -0.15) is 10.5 Å². The zero-order valence-corrected chi connectivity index (χ0v) is 13.1. The lowest BCUT2D eigenvalue weighted by Crippen LogP contribution is -1.93. The van der Waals surface area contributed by atoms with Crippen LogP contribution in [0, 0.1) is 22.7 Å². The molecule has 0 N–H and O–H groups in total. The smallest absolute Gasteiger partial charge is 0.127 e. The molecule has 0 heterocycles. The molecule has 112 valence electrons. The molecule has 0 amide bonds. The molecular formula is C19H20N2O. The van der Waals surface area contributed by atoms with Gasteiger partial charge in [-0.05, 0) is 55.2 Å². The summed E-state index contributed by atoms with van der Waals surface area (Å²) < 4.78 is 5.35. The highest BCUT2D eigenvalue weighted by Gasteiger charge is 2.08. The molecule has 0 bridgehead atoms. The van der Waals surface area contributed by atoms with Crippen LogP contribution in [0.1, 0.15) is 37.3 Å². The Kier molecular flexibility index (Phi) is 6.67. The molecule has 0 aliphatic carbocycles. The van der Waals surface area contributed by atoms with E-state index in [1.807, 2.05) is 19.1 Å². The molecule has 0 radical (unpaired) electrons. The predicted molar refractivity (Wildman–Crippen MR) is 89.1 cm³/mol. The van der Waals surface area contributed by atoms with Gasteiger partial charge in [0.15, 0.2) is 0 Å². The molecule has 0 aliphatic rings. The van der Waals surface area contributed by atoms with Crippen molar-refractivity contribution in [3.63, 3.8) is 0 Å². The second-order valence-electron chi connectivity index (χ2n) is 5.02. The Labute approximate surface area is 132 Å². The van der Waals surface area contributed by atoms with Gasteiger partial charge in [0.2, 0.25) is 0 Å². The quantitative estimate of drug-likeness (QED) is 0.537. The summed E-state index contributed by atoms with van der Waals surface area (Å²) in [4.78, 5) is 0. The van der Waals surface area contributed by atoms with Crippen LogP contribution < -0.4 is 4.74 Å². The van der Waals surface area contributed by atoms with Crippen LogP contribution in [0.15, 0.2) is 48.1 Å². The first-order valence-corrected chi connectivity index (χ1v) is 7.04. The van der Waals surface area contributed by atoms with Crippen molar-refractivity contribution >= 4 is 6.08 Å². The molecule has 0 saturated carbocycles. The summed E-state index contributed by atoms with van der Waals surface area (Å²) in [6, 6.07) is 9.55. The van der Waals surface area contributed by atoms with E-state index in [0.29, 0.717) is 17.7 Å². The highest BCUT2D eigenvalue weighted by molar-refractivity contribution is 5.68. The Hall–Kier alpha value is -2.78. The normalized spacial score (nSPS) is 10.5. The van der Waals surface area contributed by atoms with Crippen LogP contribution in [-0.2, 0) is 0 Å². The molecule has 3 heteroatoms. The first-order valence-electron chi connectivity index (χ1n) is 7.04. The minimum atomic E-state index is 0.517. The van der Waals surface area contributed by atoms with Crippen LogP contribution in [0.4, 0.5) is 0 Å². The van der Waals surface area contributed by atoms with Gasteiger partial charge in [-0.3, -0.25) is 0 Å². The molecule has 1 aromatic rings. The summed E-state index contributed by atoms with van der Waals surface area (Å²) >= 11 is 0. The van der Waals surface area contributed by atoms with Crippen LogP contribution in [0.2, 0.25) is 0 Å². The van der Waals surface area contributed by atoms with Crippen molar-refractivity contribution in [2.45, 2.75) is 26.2 Å². The Morgan fingerprint density at radius 2 is 2.05 bits per heavy atom. The molecular weight excluding hydrogens is 272 g/mol. The van der Waals surface area contributed by atoms with Crippen molar-refractivity contribution in [3.8, 4) is 17.9 Å². The number of methoxy groups -OCH3 is 1. The topological polar surface area (TPSA) is 56.8 Å². The van der Waals surface area contributed by atoms with E-state index in [-0.39, 0.29) is 0 Å². The summed E-state index contributed by atoms with van der Waals surface area (Å²) in [5.41, 5.74) is 4.25. The first-order chi connectivity index (χ1) is 10.5. The number of nitriles is 2. The number of benzene rings is 1. The molecule has 1 rings (SSSR count). The number of nitrogens with zero attached hydrogens (tertiary/aromatic N) is 2. The summed E-state index contributed by atoms with van der Waals surface area (Å²) in [5.74, 6) is 0.641. The highest BCUT2D eigenvalue weighted by Crippen LogP contribution is 2.28. The first kappa shape index (κ1) is 17.3. The third kappa shape index (κ3) is 4.65. The van der Waals surface area contributed by atoms with E-state index in [9.17, 15) is 0 Å². The summed E-state index contributed by atoms with van der Waals surface area (Å²) in [6.07, 6.45) is 4.02. The van der Waals surface area contributed by atoms with E-state index in [1.54, 1.807) is 19.2 Å². The summed E-state index contributed by atoms with van der Waals surface area (Å²) in [6.45, 7) is 10.0. The fourth-order valence-electron chi connectivity index (χ4n) is 2.10. The monoisotopic (exact) mass is 292 g/mol. The maximum Gasteiger partial charge on any atom is 0.127 e. The van der Waals surface area contributed by atoms with Gasteiger partial charge in [-0.1, -0.05) is 18.7 Å². The lowest BCUT2D eigenvalue weighted by Gasteiger charge is -2.12. The number of hydrogen-bond acceptors (Lipinski definition) is 3. The van der Waals surface area contributed by atoms with Crippen LogP contribution >= 0.6 is 0 Å². The van der Waals surface area contributed by atoms with Gasteiger partial charge in [-0.15, -0.1) is 0 Å². The Morgan fingerprint density at radius 3 is 2.59 bits per heavy atom. The van der Waals surface area contributed by atoms with Crippen LogP contribution in [0.25, 0.3) is 6.08 Å². The molecule has 0 aliphatic heterocycles. The van der Waals surface area contributed by atoms with Crippen molar-refractivity contribution < 1.29 is 4.74 Å². The Bertz CT molecular complexity index is 684. The van der Waals surface area contributed by atoms with E-state index in [0.717, 1.165) is 35.1 Å². The van der Waals surface area contributed by atoms with Crippen molar-refractivity contribution in [1.29, 1.82) is 10.5 Å². The van der Waals surface area contributed by atoms with Gasteiger partial charge in [0.05, 0.1) is 24.8 Å². The van der Waals surface area contributed by atoms with Gasteiger partial charge in [0.25, 0.3) is 0 Å². The van der Waals surface area contributed by atoms with Crippen molar-refractivity contribution in [3.05, 3.63) is 59.2 Å². The van der Waals surface area contributed by atoms with Crippen molar-refractivity contribution in [2.24, 2.45) is 0 Å². The minimum absolute atomic E-state index is 0.517. The molecule has 0 fully saturated rings. The minimum Gasteiger partial charge on any atom is -0.496 e. The zero-order valence-electron chi connectivity index (χ0n) is 13.1. The molecule has 0 unspecified atom stereocenters. The van der Waals surface area contributed by atoms with Crippen molar-refractivity contribution in [2.75, 3.05) is 7.11 Å². The van der Waals surface area contributed by atoms with Crippen LogP contribution in [-0.4, -0.2) is 7.11 Å². The third-order valence-corrected chi connectivity index (χ3v) is 3.27. The maximum absolute atomic E-state index is 8.95. The molecule has 3 nitrogen and oxygen atoms in total. The fourth-order valence-corrected chi connectivity index (χ4v) is 2.10. The number of unbranched alkanes of at least 4 members (excludes halogenated alkanes) is 1. The van der Waals surface area contributed by atoms with E-state index in [4.69, 9.17) is 15.3 Å². The molecule has 0 saturated heterocycles. The maximum atomic E-state index is 8.95. The highest BCUT2D eigenvalue weighted by atomic mass is 16.5. The Balaban J connectivity index is 3.14. The van der Waals surface area contributed by atoms with Crippen LogP contribution in [0.5, 0.6) is 5.75 Å². The molecule has 0 atom stereocenters. The average molecular weight is 292 g/mol. The number of rotatable bonds is 7. The standard InChI is InChI=1S/C19H20N2O/c1-14(2)18(15(3)7-5-6-10-20)12-17-9-8-16(13-21)11-19(17)22-4/h8-9,11-12H,1,3,5-7H2,2,4H3/b18-12-. The van der Waals surface area contributed by atoms with Gasteiger partial charge in [0, 0.05) is 12.0 Å². The van der Waals surface area contributed by atoms with E-state index >= 15 is 0 Å². The summed E-state index contributed by atoms with van der Waals surface area (Å²) in [5, 5.41) is 17.6. The van der Waals surface area contributed by atoms with Gasteiger partial charge in [-0.25, -0.2) is 0 Å². The summed E-state index contributed by atoms with van der Waals surface area (Å²) in [7, 11) is 1.58. The predicted octanol–water partition coefficient (Wildman–Crippen LogP) is 4.78. The largest absolute Gasteiger partial charge is 0.496 e. The van der Waals surface area contributed by atoms with E-state index in [2.05, 4.69) is 25.3 Å². The number of ether oxygens (including phenoxy) is 1. The second-order valence-corrected chi connectivity index (χ2v) is 5.02. The lowest BCUT2D eigenvalue weighted by molar-refractivity contribution is 0.413. The number of allylic oxidation sites excluding steroid dienone is 3. The SMILES string of the molecule is C=C(C)/C(=C/c1ccc(C#N)cc1OC)C(=C)CCCC#N. The lowest BCUT2D eigenvalue weighted by atomic mass is 9.94. The zero-order chi connectivity index (χ0) is 16.5. The van der Waals surface area contributed by atoms with Gasteiger partial charge in [0.1, 0.15) is 5.75 Å².